The third-order valence-electron chi connectivity index (χ3n) is 4.88. The van der Waals surface area contributed by atoms with Crippen molar-refractivity contribution in [2.24, 2.45) is 7.05 Å². The molecule has 32 heavy (non-hydrogen) atoms. The van der Waals surface area contributed by atoms with Crippen molar-refractivity contribution in [3.63, 3.8) is 0 Å². The summed E-state index contributed by atoms with van der Waals surface area (Å²) in [5, 5.41) is 14.2. The summed E-state index contributed by atoms with van der Waals surface area (Å²) in [6.07, 6.45) is 0.622. The third-order valence-corrected chi connectivity index (χ3v) is 4.88. The first-order valence-electron chi connectivity index (χ1n) is 9.82. The van der Waals surface area contributed by atoms with Crippen LogP contribution in [0.2, 0.25) is 0 Å². The average molecular weight is 444 g/mol. The molecule has 1 unspecified atom stereocenters. The maximum Gasteiger partial charge on any atom is 0.417 e. The van der Waals surface area contributed by atoms with Crippen LogP contribution in [0, 0.1) is 0 Å². The minimum atomic E-state index is -4.44. The Hall–Kier alpha value is -3.76. The quantitative estimate of drug-likeness (QED) is 0.644. The van der Waals surface area contributed by atoms with Gasteiger partial charge in [-0.25, -0.2) is 4.98 Å². The Bertz CT molecular complexity index is 1140. The Morgan fingerprint density at radius 3 is 2.81 bits per heavy atom. The van der Waals surface area contributed by atoms with Crippen LogP contribution in [0.1, 0.15) is 41.0 Å². The molecule has 0 aliphatic heterocycles. The van der Waals surface area contributed by atoms with E-state index in [1.54, 1.807) is 25.2 Å². The van der Waals surface area contributed by atoms with Gasteiger partial charge in [-0.05, 0) is 48.2 Å². The highest BCUT2D eigenvalue weighted by Gasteiger charge is 2.30. The highest BCUT2D eigenvalue weighted by molar-refractivity contribution is 5.90. The predicted octanol–water partition coefficient (Wildman–Crippen LogP) is 3.78. The second-order valence-corrected chi connectivity index (χ2v) is 7.38. The number of ether oxygens (including phenoxy) is 1. The van der Waals surface area contributed by atoms with Gasteiger partial charge in [-0.2, -0.15) is 18.0 Å². The number of rotatable bonds is 5. The predicted molar refractivity (Wildman–Crippen MR) is 108 cm³/mol. The fourth-order valence-electron chi connectivity index (χ4n) is 3.39. The van der Waals surface area contributed by atoms with Gasteiger partial charge in [-0.15, -0.1) is 10.2 Å². The lowest BCUT2D eigenvalue weighted by molar-refractivity contribution is -0.137. The first-order chi connectivity index (χ1) is 15.3. The Morgan fingerprint density at radius 1 is 1.28 bits per heavy atom. The summed E-state index contributed by atoms with van der Waals surface area (Å²) in [6, 6.07) is 9.26. The Balaban J connectivity index is 1.37. The maximum atomic E-state index is 12.7. The van der Waals surface area contributed by atoms with E-state index < -0.39 is 11.7 Å². The average Bonchev–Trinajstić information content (AvgIpc) is 3.37. The molecule has 0 saturated heterocycles. The van der Waals surface area contributed by atoms with Gasteiger partial charge in [0, 0.05) is 18.3 Å². The van der Waals surface area contributed by atoms with Crippen LogP contribution in [0.25, 0.3) is 6.08 Å². The number of aromatic nitrogens is 5. The van der Waals surface area contributed by atoms with Gasteiger partial charge in [0.25, 0.3) is 11.7 Å². The van der Waals surface area contributed by atoms with E-state index >= 15 is 0 Å². The van der Waals surface area contributed by atoms with Gasteiger partial charge in [0.15, 0.2) is 0 Å². The topological polar surface area (TPSA) is 94.8 Å². The molecule has 3 aromatic rings. The number of pyridine rings is 1. The molecule has 4 rings (SSSR count). The van der Waals surface area contributed by atoms with Crippen LogP contribution in [-0.4, -0.2) is 37.1 Å². The summed E-state index contributed by atoms with van der Waals surface area (Å²) in [6.45, 7) is 0. The second-order valence-electron chi connectivity index (χ2n) is 7.38. The summed E-state index contributed by atoms with van der Waals surface area (Å²) in [7, 11) is 1.59. The van der Waals surface area contributed by atoms with Gasteiger partial charge < -0.3 is 10.1 Å². The smallest absolute Gasteiger partial charge is 0.417 e. The van der Waals surface area contributed by atoms with Gasteiger partial charge in [-0.3, -0.25) is 4.79 Å². The fourth-order valence-corrected chi connectivity index (χ4v) is 3.39. The zero-order valence-corrected chi connectivity index (χ0v) is 17.0. The number of halogens is 3. The van der Waals surface area contributed by atoms with Crippen LogP contribution in [0.15, 0.2) is 48.2 Å². The maximum absolute atomic E-state index is 12.7. The van der Waals surface area contributed by atoms with Crippen molar-refractivity contribution in [3.05, 3.63) is 65.1 Å². The lowest BCUT2D eigenvalue weighted by Gasteiger charge is -2.09. The minimum absolute atomic E-state index is 0.0201. The third kappa shape index (κ3) is 5.29. The number of carbonyl (C=O) groups excluding carboxylic acids is 1. The molecule has 0 spiro atoms. The molecule has 11 heteroatoms. The van der Waals surface area contributed by atoms with E-state index in [-0.39, 0.29) is 23.7 Å². The van der Waals surface area contributed by atoms with E-state index in [9.17, 15) is 18.0 Å². The highest BCUT2D eigenvalue weighted by Crippen LogP contribution is 2.31. The Labute approximate surface area is 181 Å². The highest BCUT2D eigenvalue weighted by atomic mass is 19.4. The molecule has 1 aliphatic carbocycles. The first kappa shape index (κ1) is 21.5. The Kier molecular flexibility index (Phi) is 5.89. The van der Waals surface area contributed by atoms with E-state index in [4.69, 9.17) is 4.74 Å². The monoisotopic (exact) mass is 444 g/mol. The summed E-state index contributed by atoms with van der Waals surface area (Å²) >= 11 is 0. The molecule has 0 radical (unpaired) electrons. The number of amides is 1. The van der Waals surface area contributed by atoms with Gasteiger partial charge in [0.05, 0.1) is 12.6 Å². The van der Waals surface area contributed by atoms with Crippen molar-refractivity contribution in [1.82, 2.24) is 30.5 Å². The van der Waals surface area contributed by atoms with E-state index in [2.05, 4.69) is 25.7 Å². The number of aryl methyl sites for hydroxylation is 1. The summed E-state index contributed by atoms with van der Waals surface area (Å²) in [5.74, 6) is 0.211. The van der Waals surface area contributed by atoms with Gasteiger partial charge in [0.2, 0.25) is 5.88 Å². The Morgan fingerprint density at radius 2 is 2.12 bits per heavy atom. The molecule has 2 aromatic heterocycles. The van der Waals surface area contributed by atoms with Crippen molar-refractivity contribution in [2.45, 2.75) is 31.5 Å². The van der Waals surface area contributed by atoms with Crippen LogP contribution < -0.4 is 10.1 Å². The standard InChI is InChI=1S/C21H19F3N6O2/c1-30-28-19(27-29-30)20(31)26-16-7-5-14(10-16)9-13-3-2-4-17(11-13)32-18-8-6-15(12-25-18)21(22,23)24/h2-4,6,8-9,11-12,16H,5,7,10H2,1H3,(H,26,31)/b14-9+. The number of benzene rings is 1. The van der Waals surface area contributed by atoms with Crippen LogP contribution >= 0.6 is 0 Å². The fraction of sp³-hybridized carbons (Fsp3) is 0.286. The first-order valence-corrected chi connectivity index (χ1v) is 9.82. The number of nitrogens with zero attached hydrogens (tertiary/aromatic N) is 5. The number of tetrazole rings is 1. The number of nitrogens with one attached hydrogen (secondary N) is 1. The molecule has 8 nitrogen and oxygen atoms in total. The lowest BCUT2D eigenvalue weighted by atomic mass is 10.1. The number of alkyl halides is 3. The zero-order valence-electron chi connectivity index (χ0n) is 17.0. The van der Waals surface area contributed by atoms with E-state index in [0.29, 0.717) is 12.2 Å². The van der Waals surface area contributed by atoms with Crippen molar-refractivity contribution in [2.75, 3.05) is 0 Å². The van der Waals surface area contributed by atoms with Gasteiger partial charge >= 0.3 is 6.18 Å². The minimum Gasteiger partial charge on any atom is -0.439 e. The largest absolute Gasteiger partial charge is 0.439 e. The van der Waals surface area contributed by atoms with Crippen LogP contribution in [-0.2, 0) is 13.2 Å². The zero-order chi connectivity index (χ0) is 22.7. The van der Waals surface area contributed by atoms with Crippen molar-refractivity contribution < 1.29 is 22.7 Å². The number of carbonyl (C=O) groups is 1. The molecule has 1 aromatic carbocycles. The van der Waals surface area contributed by atoms with Gasteiger partial charge in [-0.1, -0.05) is 23.8 Å². The van der Waals surface area contributed by atoms with Crippen LogP contribution in [0.5, 0.6) is 11.6 Å². The summed E-state index contributed by atoms with van der Waals surface area (Å²) in [4.78, 5) is 17.1. The number of hydrogen-bond donors (Lipinski definition) is 1. The molecule has 2 heterocycles. The molecular weight excluding hydrogens is 425 g/mol. The van der Waals surface area contributed by atoms with Crippen LogP contribution in [0.4, 0.5) is 13.2 Å². The van der Waals surface area contributed by atoms with E-state index in [1.807, 2.05) is 12.1 Å². The lowest BCUT2D eigenvalue weighted by Crippen LogP contribution is -2.33. The van der Waals surface area contributed by atoms with Crippen molar-refractivity contribution in [3.8, 4) is 11.6 Å². The van der Waals surface area contributed by atoms with Gasteiger partial charge in [0.1, 0.15) is 5.75 Å². The molecule has 1 N–H and O–H groups in total. The van der Waals surface area contributed by atoms with Crippen molar-refractivity contribution >= 4 is 12.0 Å². The molecule has 0 bridgehead atoms. The molecule has 1 atom stereocenters. The molecule has 1 saturated carbocycles. The molecule has 166 valence electrons. The van der Waals surface area contributed by atoms with Crippen LogP contribution in [0.3, 0.4) is 0 Å². The van der Waals surface area contributed by atoms with Crippen molar-refractivity contribution in [1.29, 1.82) is 0 Å². The summed E-state index contributed by atoms with van der Waals surface area (Å²) < 4.78 is 43.6. The SMILES string of the molecule is Cn1nnc(C(=O)NC2CC/C(=C\c3cccc(Oc4ccc(C(F)(F)F)cn4)c3)C2)n1. The second kappa shape index (κ2) is 8.77. The molecule has 1 amide bonds. The summed E-state index contributed by atoms with van der Waals surface area (Å²) in [5.41, 5.74) is 1.21. The molecular formula is C21H19F3N6O2. The molecule has 1 fully saturated rings. The number of hydrogen-bond acceptors (Lipinski definition) is 6. The normalized spacial score (nSPS) is 17.5. The molecule has 1 aliphatic rings. The van der Waals surface area contributed by atoms with E-state index in [0.717, 1.165) is 36.2 Å². The van der Waals surface area contributed by atoms with E-state index in [1.165, 1.54) is 10.9 Å².